The third-order valence-corrected chi connectivity index (χ3v) is 2.85. The van der Waals surface area contributed by atoms with Crippen LogP contribution in [0.1, 0.15) is 11.3 Å². The first-order chi connectivity index (χ1) is 8.72. The molecule has 2 aromatic heterocycles. The summed E-state index contributed by atoms with van der Waals surface area (Å²) >= 11 is 0. The molecule has 3 aromatic rings. The second-order valence-corrected chi connectivity index (χ2v) is 4.23. The quantitative estimate of drug-likeness (QED) is 0.749. The Hall–Kier alpha value is -2.36. The number of hydrogen-bond acceptors (Lipinski definition) is 2. The minimum absolute atomic E-state index is 0.200. The summed E-state index contributed by atoms with van der Waals surface area (Å²) in [6.45, 7) is 0. The van der Waals surface area contributed by atoms with Gasteiger partial charge in [0.05, 0.1) is 5.69 Å². The van der Waals surface area contributed by atoms with Gasteiger partial charge in [0.1, 0.15) is 11.5 Å². The van der Waals surface area contributed by atoms with Crippen LogP contribution < -0.4 is 5.73 Å². The van der Waals surface area contributed by atoms with Crippen molar-refractivity contribution < 1.29 is 4.39 Å². The van der Waals surface area contributed by atoms with Crippen LogP contribution in [0.5, 0.6) is 0 Å². The van der Waals surface area contributed by atoms with E-state index in [1.54, 1.807) is 24.4 Å². The van der Waals surface area contributed by atoms with Gasteiger partial charge in [-0.15, -0.1) is 0 Å². The number of nitrogens with two attached hydrogens (primary N) is 1. The van der Waals surface area contributed by atoms with Gasteiger partial charge in [-0.1, -0.05) is 18.2 Å². The number of nitrogens with zero attached hydrogens (tertiary/aromatic N) is 2. The maximum Gasteiger partial charge on any atom is 0.137 e. The highest BCUT2D eigenvalue weighted by atomic mass is 19.1. The number of nitrogen functional groups attached to an aromatic ring is 1. The molecular formula is C14H12FN3. The molecule has 2 N–H and O–H groups in total. The lowest BCUT2D eigenvalue weighted by atomic mass is 10.1. The van der Waals surface area contributed by atoms with E-state index in [9.17, 15) is 4.39 Å². The molecule has 0 bridgehead atoms. The highest BCUT2D eigenvalue weighted by molar-refractivity contribution is 5.48. The number of aromatic nitrogens is 2. The number of fused-ring (bicyclic) bond motifs is 1. The first-order valence-electron chi connectivity index (χ1n) is 5.69. The van der Waals surface area contributed by atoms with Crippen LogP contribution in [-0.2, 0) is 6.42 Å². The van der Waals surface area contributed by atoms with E-state index in [-0.39, 0.29) is 5.82 Å². The third kappa shape index (κ3) is 1.93. The van der Waals surface area contributed by atoms with Gasteiger partial charge in [0.2, 0.25) is 0 Å². The predicted octanol–water partition coefficient (Wildman–Crippen LogP) is 2.65. The van der Waals surface area contributed by atoms with Crippen LogP contribution in [0.4, 0.5) is 10.1 Å². The number of pyridine rings is 1. The zero-order valence-electron chi connectivity index (χ0n) is 9.68. The second kappa shape index (κ2) is 4.14. The Morgan fingerprint density at radius 2 is 1.94 bits per heavy atom. The van der Waals surface area contributed by atoms with Crippen LogP contribution in [0.25, 0.3) is 5.65 Å². The molecular weight excluding hydrogens is 229 g/mol. The first-order valence-corrected chi connectivity index (χ1v) is 5.69. The molecule has 1 aromatic carbocycles. The number of imidazole rings is 1. The molecule has 0 saturated heterocycles. The summed E-state index contributed by atoms with van der Waals surface area (Å²) in [4.78, 5) is 4.43. The highest BCUT2D eigenvalue weighted by Gasteiger charge is 2.06. The minimum Gasteiger partial charge on any atom is -0.398 e. The molecule has 3 rings (SSSR count). The lowest BCUT2D eigenvalue weighted by Gasteiger charge is -1.98. The van der Waals surface area contributed by atoms with Crippen molar-refractivity contribution in [1.29, 1.82) is 0 Å². The van der Waals surface area contributed by atoms with Crippen molar-refractivity contribution in [1.82, 2.24) is 9.38 Å². The monoisotopic (exact) mass is 241 g/mol. The zero-order valence-corrected chi connectivity index (χ0v) is 9.68. The molecule has 90 valence electrons. The minimum atomic E-state index is -0.200. The fourth-order valence-electron chi connectivity index (χ4n) is 1.98. The van der Waals surface area contributed by atoms with E-state index in [0.717, 1.165) is 11.3 Å². The van der Waals surface area contributed by atoms with Gasteiger partial charge in [-0.2, -0.15) is 0 Å². The van der Waals surface area contributed by atoms with Crippen molar-refractivity contribution in [2.75, 3.05) is 5.73 Å². The van der Waals surface area contributed by atoms with Crippen molar-refractivity contribution in [3.05, 3.63) is 65.9 Å². The average molecular weight is 241 g/mol. The zero-order chi connectivity index (χ0) is 12.5. The number of rotatable bonds is 2. The largest absolute Gasteiger partial charge is 0.398 e. The van der Waals surface area contributed by atoms with Gasteiger partial charge in [0.25, 0.3) is 0 Å². The summed E-state index contributed by atoms with van der Waals surface area (Å²) in [5.41, 5.74) is 8.67. The van der Waals surface area contributed by atoms with Gasteiger partial charge < -0.3 is 10.1 Å². The number of anilines is 1. The van der Waals surface area contributed by atoms with Crippen molar-refractivity contribution in [3.63, 3.8) is 0 Å². The average Bonchev–Trinajstić information content (AvgIpc) is 2.73. The van der Waals surface area contributed by atoms with E-state index in [4.69, 9.17) is 5.73 Å². The van der Waals surface area contributed by atoms with Crippen LogP contribution in [0, 0.1) is 5.82 Å². The summed E-state index contributed by atoms with van der Waals surface area (Å²) in [6, 6.07) is 10.4. The van der Waals surface area contributed by atoms with Crippen molar-refractivity contribution in [3.8, 4) is 0 Å². The Balaban J connectivity index is 1.98. The molecule has 0 radical (unpaired) electrons. The molecule has 0 amide bonds. The molecule has 18 heavy (non-hydrogen) atoms. The standard InChI is InChI=1S/C14H12FN3/c15-13-4-2-1-3-10(13)7-12-9-18-8-11(16)5-6-14(18)17-12/h1-6,8-9H,7,16H2. The molecule has 0 fully saturated rings. The number of benzene rings is 1. The topological polar surface area (TPSA) is 43.3 Å². The van der Waals surface area contributed by atoms with Gasteiger partial charge in [0, 0.05) is 24.5 Å². The van der Waals surface area contributed by atoms with Gasteiger partial charge in [0.15, 0.2) is 0 Å². The normalized spacial score (nSPS) is 10.9. The lowest BCUT2D eigenvalue weighted by molar-refractivity contribution is 0.613. The van der Waals surface area contributed by atoms with Crippen LogP contribution in [0.2, 0.25) is 0 Å². The van der Waals surface area contributed by atoms with Crippen molar-refractivity contribution in [2.45, 2.75) is 6.42 Å². The van der Waals surface area contributed by atoms with Crippen LogP contribution in [0.3, 0.4) is 0 Å². The van der Waals surface area contributed by atoms with Crippen molar-refractivity contribution >= 4 is 11.3 Å². The van der Waals surface area contributed by atoms with Gasteiger partial charge in [-0.05, 0) is 23.8 Å². The molecule has 2 heterocycles. The Morgan fingerprint density at radius 3 is 2.78 bits per heavy atom. The van der Waals surface area contributed by atoms with E-state index < -0.39 is 0 Å². The molecule has 3 nitrogen and oxygen atoms in total. The molecule has 0 aliphatic carbocycles. The molecule has 0 aliphatic heterocycles. The van der Waals surface area contributed by atoms with Gasteiger partial charge >= 0.3 is 0 Å². The first kappa shape index (κ1) is 10.8. The molecule has 0 saturated carbocycles. The fourth-order valence-corrected chi connectivity index (χ4v) is 1.98. The molecule has 4 heteroatoms. The van der Waals surface area contributed by atoms with Crippen LogP contribution in [-0.4, -0.2) is 9.38 Å². The summed E-state index contributed by atoms with van der Waals surface area (Å²) in [5, 5.41) is 0. The van der Waals surface area contributed by atoms with E-state index in [0.29, 0.717) is 17.7 Å². The van der Waals surface area contributed by atoms with E-state index in [2.05, 4.69) is 4.98 Å². The van der Waals surface area contributed by atoms with Crippen LogP contribution >= 0.6 is 0 Å². The van der Waals surface area contributed by atoms with Crippen molar-refractivity contribution in [2.24, 2.45) is 0 Å². The maximum absolute atomic E-state index is 13.5. The molecule has 0 spiro atoms. The number of halogens is 1. The molecule has 0 aliphatic rings. The Bertz CT molecular complexity index is 703. The summed E-state index contributed by atoms with van der Waals surface area (Å²) in [7, 11) is 0. The summed E-state index contributed by atoms with van der Waals surface area (Å²) in [6.07, 6.45) is 4.15. The third-order valence-electron chi connectivity index (χ3n) is 2.85. The van der Waals surface area contributed by atoms with E-state index in [1.165, 1.54) is 6.07 Å². The summed E-state index contributed by atoms with van der Waals surface area (Å²) < 4.78 is 15.4. The Morgan fingerprint density at radius 1 is 1.11 bits per heavy atom. The smallest absolute Gasteiger partial charge is 0.137 e. The van der Waals surface area contributed by atoms with Gasteiger partial charge in [-0.3, -0.25) is 0 Å². The lowest BCUT2D eigenvalue weighted by Crippen LogP contribution is -1.91. The molecule has 0 unspecified atom stereocenters. The Kier molecular flexibility index (Phi) is 2.48. The Labute approximate surface area is 104 Å². The SMILES string of the molecule is Nc1ccc2nc(Cc3ccccc3F)cn2c1. The van der Waals surface area contributed by atoms with Gasteiger partial charge in [-0.25, -0.2) is 9.37 Å². The molecule has 0 atom stereocenters. The fraction of sp³-hybridized carbons (Fsp3) is 0.0714. The predicted molar refractivity (Wildman–Crippen MR) is 68.8 cm³/mol. The number of hydrogen-bond donors (Lipinski definition) is 1. The highest BCUT2D eigenvalue weighted by Crippen LogP contribution is 2.14. The van der Waals surface area contributed by atoms with Crippen LogP contribution in [0.15, 0.2) is 48.8 Å². The maximum atomic E-state index is 13.5. The second-order valence-electron chi connectivity index (χ2n) is 4.23. The van der Waals surface area contributed by atoms with E-state index in [1.807, 2.05) is 22.7 Å². The summed E-state index contributed by atoms with van der Waals surface area (Å²) in [5.74, 6) is -0.200. The van der Waals surface area contributed by atoms with E-state index >= 15 is 0 Å².